The Morgan fingerprint density at radius 1 is 1.47 bits per heavy atom. The minimum Gasteiger partial charge on any atom is -0.469 e. The third kappa shape index (κ3) is 1.90. The number of nitrogens with zero attached hydrogens (tertiary/aromatic N) is 2. The monoisotopic (exact) mass is 232 g/mol. The molecule has 2 heterocycles. The van der Waals surface area contributed by atoms with Gasteiger partial charge in [-0.2, -0.15) is 10.5 Å². The molecule has 3 atom stereocenters. The van der Waals surface area contributed by atoms with Crippen LogP contribution in [0.5, 0.6) is 0 Å². The lowest BCUT2D eigenvalue weighted by Crippen LogP contribution is -2.29. The van der Waals surface area contributed by atoms with Crippen molar-refractivity contribution in [2.45, 2.75) is 31.5 Å². The number of esters is 1. The standard InChI is InChI=1S/C12H12N2O3/c1-16-12(15)10-4-8-2-3-9(11(10)17-8)7(5-13)6-14/h8,10-11H,2-4H2,1H3/t8-,10+,11+/m0/s1. The Balaban J connectivity index is 2.34. The van der Waals surface area contributed by atoms with Crippen LogP contribution in [0.1, 0.15) is 19.3 Å². The lowest BCUT2D eigenvalue weighted by Gasteiger charge is -2.24. The van der Waals surface area contributed by atoms with Gasteiger partial charge in [0.2, 0.25) is 0 Å². The number of carbonyl (C=O) groups excluding carboxylic acids is 1. The Labute approximate surface area is 99.2 Å². The van der Waals surface area contributed by atoms with E-state index in [1.807, 2.05) is 12.1 Å². The predicted molar refractivity (Wildman–Crippen MR) is 56.3 cm³/mol. The fourth-order valence-electron chi connectivity index (χ4n) is 2.54. The molecule has 0 saturated carbocycles. The molecule has 17 heavy (non-hydrogen) atoms. The number of allylic oxidation sites excluding steroid dienone is 1. The summed E-state index contributed by atoms with van der Waals surface area (Å²) >= 11 is 0. The van der Waals surface area contributed by atoms with E-state index in [0.717, 1.165) is 6.42 Å². The van der Waals surface area contributed by atoms with Crippen LogP contribution in [0, 0.1) is 28.6 Å². The first-order valence-corrected chi connectivity index (χ1v) is 5.47. The molecule has 0 aliphatic carbocycles. The maximum atomic E-state index is 11.6. The Morgan fingerprint density at radius 3 is 2.76 bits per heavy atom. The number of nitriles is 2. The molecule has 5 heteroatoms. The van der Waals surface area contributed by atoms with Crippen molar-refractivity contribution in [3.05, 3.63) is 11.1 Å². The summed E-state index contributed by atoms with van der Waals surface area (Å²) in [7, 11) is 1.34. The summed E-state index contributed by atoms with van der Waals surface area (Å²) in [4.78, 5) is 11.6. The van der Waals surface area contributed by atoms with Gasteiger partial charge in [-0.1, -0.05) is 0 Å². The van der Waals surface area contributed by atoms with Crippen molar-refractivity contribution in [1.82, 2.24) is 0 Å². The number of rotatable bonds is 1. The molecule has 2 rings (SSSR count). The molecule has 2 saturated heterocycles. The largest absolute Gasteiger partial charge is 0.469 e. The molecule has 0 aromatic heterocycles. The number of methoxy groups -OCH3 is 1. The Hall–Kier alpha value is -1.85. The fraction of sp³-hybridized carbons (Fsp3) is 0.583. The Kier molecular flexibility index (Phi) is 3.12. The maximum absolute atomic E-state index is 11.6. The molecule has 0 aromatic rings. The van der Waals surface area contributed by atoms with Crippen LogP contribution < -0.4 is 0 Å². The van der Waals surface area contributed by atoms with Gasteiger partial charge in [-0.25, -0.2) is 0 Å². The van der Waals surface area contributed by atoms with E-state index in [1.54, 1.807) is 0 Å². The van der Waals surface area contributed by atoms with Gasteiger partial charge in [-0.05, 0) is 24.8 Å². The number of hydrogen-bond donors (Lipinski definition) is 0. The van der Waals surface area contributed by atoms with Gasteiger partial charge in [0.15, 0.2) is 0 Å². The van der Waals surface area contributed by atoms with Gasteiger partial charge < -0.3 is 9.47 Å². The molecule has 0 radical (unpaired) electrons. The predicted octanol–water partition coefficient (Wildman–Crippen LogP) is 1.07. The second-order valence-corrected chi connectivity index (χ2v) is 4.21. The van der Waals surface area contributed by atoms with E-state index in [4.69, 9.17) is 20.0 Å². The normalized spacial score (nSPS) is 30.3. The van der Waals surface area contributed by atoms with Gasteiger partial charge in [-0.3, -0.25) is 4.79 Å². The molecule has 0 spiro atoms. The molecule has 0 N–H and O–H groups in total. The van der Waals surface area contributed by atoms with Crippen molar-refractivity contribution in [2.75, 3.05) is 7.11 Å². The second-order valence-electron chi connectivity index (χ2n) is 4.21. The van der Waals surface area contributed by atoms with Gasteiger partial charge in [0.05, 0.1) is 25.2 Å². The van der Waals surface area contributed by atoms with Crippen LogP contribution in [0.3, 0.4) is 0 Å². The molecule has 0 aromatic carbocycles. The first-order chi connectivity index (χ1) is 8.21. The molecule has 2 aliphatic rings. The summed E-state index contributed by atoms with van der Waals surface area (Å²) in [5.41, 5.74) is 0.725. The Morgan fingerprint density at radius 2 is 2.18 bits per heavy atom. The second kappa shape index (κ2) is 4.57. The molecule has 2 bridgehead atoms. The van der Waals surface area contributed by atoms with Crippen LogP contribution in [-0.4, -0.2) is 25.3 Å². The quantitative estimate of drug-likeness (QED) is 0.498. The van der Waals surface area contributed by atoms with Crippen molar-refractivity contribution in [3.8, 4) is 12.1 Å². The third-order valence-electron chi connectivity index (χ3n) is 3.35. The van der Waals surface area contributed by atoms with Crippen LogP contribution in [0.2, 0.25) is 0 Å². The molecular weight excluding hydrogens is 220 g/mol. The van der Waals surface area contributed by atoms with E-state index in [-0.39, 0.29) is 23.6 Å². The molecule has 2 aliphatic heterocycles. The van der Waals surface area contributed by atoms with Crippen LogP contribution in [0.4, 0.5) is 0 Å². The molecular formula is C12H12N2O3. The molecule has 0 amide bonds. The SMILES string of the molecule is COC(=O)[C@@H]1C[C@@H]2CCC(=C(C#N)C#N)[C@H]1O2. The summed E-state index contributed by atoms with van der Waals surface area (Å²) in [6, 6.07) is 3.74. The van der Waals surface area contributed by atoms with Crippen molar-refractivity contribution >= 4 is 5.97 Å². The summed E-state index contributed by atoms with van der Waals surface area (Å²) < 4.78 is 10.4. The van der Waals surface area contributed by atoms with Crippen molar-refractivity contribution in [3.63, 3.8) is 0 Å². The fourth-order valence-corrected chi connectivity index (χ4v) is 2.54. The highest BCUT2D eigenvalue weighted by Crippen LogP contribution is 2.41. The first kappa shape index (κ1) is 11.6. The molecule has 0 unspecified atom stereocenters. The summed E-state index contributed by atoms with van der Waals surface area (Å²) in [6.07, 6.45) is 1.62. The van der Waals surface area contributed by atoms with E-state index in [2.05, 4.69) is 0 Å². The van der Waals surface area contributed by atoms with E-state index in [1.165, 1.54) is 7.11 Å². The minimum absolute atomic E-state index is 0.0477. The summed E-state index contributed by atoms with van der Waals surface area (Å²) in [6.45, 7) is 0. The lowest BCUT2D eigenvalue weighted by atomic mass is 9.92. The minimum atomic E-state index is -0.449. The average Bonchev–Trinajstić information content (AvgIpc) is 2.70. The van der Waals surface area contributed by atoms with Crippen molar-refractivity contribution in [1.29, 1.82) is 10.5 Å². The van der Waals surface area contributed by atoms with E-state index < -0.39 is 6.10 Å². The van der Waals surface area contributed by atoms with Crippen LogP contribution in [-0.2, 0) is 14.3 Å². The highest BCUT2D eigenvalue weighted by atomic mass is 16.5. The highest BCUT2D eigenvalue weighted by molar-refractivity contribution is 5.74. The topological polar surface area (TPSA) is 83.1 Å². The Bertz CT molecular complexity index is 439. The summed E-state index contributed by atoms with van der Waals surface area (Å²) in [5, 5.41) is 17.8. The number of hydrogen-bond acceptors (Lipinski definition) is 5. The number of carbonyl (C=O) groups is 1. The zero-order valence-corrected chi connectivity index (χ0v) is 9.47. The van der Waals surface area contributed by atoms with Gasteiger partial charge in [0, 0.05) is 0 Å². The van der Waals surface area contributed by atoms with Crippen LogP contribution >= 0.6 is 0 Å². The third-order valence-corrected chi connectivity index (χ3v) is 3.35. The van der Waals surface area contributed by atoms with Crippen LogP contribution in [0.15, 0.2) is 11.1 Å². The van der Waals surface area contributed by atoms with Crippen molar-refractivity contribution < 1.29 is 14.3 Å². The number of fused-ring (bicyclic) bond motifs is 2. The van der Waals surface area contributed by atoms with E-state index in [9.17, 15) is 4.79 Å². The van der Waals surface area contributed by atoms with Gasteiger partial charge in [0.25, 0.3) is 0 Å². The first-order valence-electron chi connectivity index (χ1n) is 5.47. The van der Waals surface area contributed by atoms with E-state index in [0.29, 0.717) is 18.4 Å². The summed E-state index contributed by atoms with van der Waals surface area (Å²) in [5.74, 6) is -0.702. The zero-order chi connectivity index (χ0) is 12.4. The van der Waals surface area contributed by atoms with Crippen LogP contribution in [0.25, 0.3) is 0 Å². The van der Waals surface area contributed by atoms with Crippen molar-refractivity contribution in [2.24, 2.45) is 5.92 Å². The zero-order valence-electron chi connectivity index (χ0n) is 9.47. The molecule has 88 valence electrons. The number of ether oxygens (including phenoxy) is 2. The smallest absolute Gasteiger partial charge is 0.311 e. The highest BCUT2D eigenvalue weighted by Gasteiger charge is 2.46. The van der Waals surface area contributed by atoms with Gasteiger partial charge in [0.1, 0.15) is 17.7 Å². The lowest BCUT2D eigenvalue weighted by molar-refractivity contribution is -0.146. The van der Waals surface area contributed by atoms with E-state index >= 15 is 0 Å². The molecule has 5 nitrogen and oxygen atoms in total. The average molecular weight is 232 g/mol. The maximum Gasteiger partial charge on any atom is 0.311 e. The van der Waals surface area contributed by atoms with Gasteiger partial charge in [-0.15, -0.1) is 0 Å². The molecule has 2 fully saturated rings. The van der Waals surface area contributed by atoms with Gasteiger partial charge >= 0.3 is 5.97 Å².